The number of nitrogens with zero attached hydrogens (tertiary/aromatic N) is 1. The Morgan fingerprint density at radius 3 is 3.12 bits per heavy atom. The van der Waals surface area contributed by atoms with Crippen molar-refractivity contribution in [2.45, 2.75) is 38.8 Å². The second-order valence-corrected chi connectivity index (χ2v) is 4.54. The summed E-state index contributed by atoms with van der Waals surface area (Å²) >= 11 is 0. The minimum Gasteiger partial charge on any atom is -0.506 e. The van der Waals surface area contributed by atoms with E-state index in [4.69, 9.17) is 4.74 Å². The second kappa shape index (κ2) is 5.98. The average molecular weight is 236 g/mol. The van der Waals surface area contributed by atoms with Crippen LogP contribution >= 0.6 is 0 Å². The van der Waals surface area contributed by atoms with Gasteiger partial charge < -0.3 is 15.2 Å². The monoisotopic (exact) mass is 236 g/mol. The highest BCUT2D eigenvalue weighted by Gasteiger charge is 2.13. The Labute approximate surface area is 102 Å². The number of nitrogens with one attached hydrogen (secondary N) is 1. The van der Waals surface area contributed by atoms with Crippen LogP contribution in [0.4, 0.5) is 0 Å². The fraction of sp³-hybridized carbons (Fsp3) is 0.615. The van der Waals surface area contributed by atoms with Crippen molar-refractivity contribution in [3.8, 4) is 5.75 Å². The molecule has 2 heterocycles. The molecule has 0 bridgehead atoms. The smallest absolute Gasteiger partial charge is 0.138 e. The van der Waals surface area contributed by atoms with Crippen molar-refractivity contribution in [2.24, 2.45) is 0 Å². The minimum absolute atomic E-state index is 0.257. The van der Waals surface area contributed by atoms with Gasteiger partial charge in [0.15, 0.2) is 0 Å². The van der Waals surface area contributed by atoms with E-state index in [9.17, 15) is 5.11 Å². The molecule has 0 spiro atoms. The summed E-state index contributed by atoms with van der Waals surface area (Å²) in [5.74, 6) is 0.257. The molecule has 0 amide bonds. The van der Waals surface area contributed by atoms with Gasteiger partial charge >= 0.3 is 0 Å². The maximum atomic E-state index is 9.64. The van der Waals surface area contributed by atoms with Crippen molar-refractivity contribution < 1.29 is 9.84 Å². The Kier molecular flexibility index (Phi) is 4.34. The highest BCUT2D eigenvalue weighted by atomic mass is 16.5. The molecule has 94 valence electrons. The number of rotatable bonds is 4. The van der Waals surface area contributed by atoms with Gasteiger partial charge in [-0.05, 0) is 38.3 Å². The van der Waals surface area contributed by atoms with Gasteiger partial charge in [0.2, 0.25) is 0 Å². The lowest BCUT2D eigenvalue weighted by Crippen LogP contribution is -2.31. The molecule has 0 saturated carbocycles. The summed E-state index contributed by atoms with van der Waals surface area (Å²) in [5.41, 5.74) is 1.63. The van der Waals surface area contributed by atoms with Gasteiger partial charge in [-0.2, -0.15) is 0 Å². The molecule has 17 heavy (non-hydrogen) atoms. The summed E-state index contributed by atoms with van der Waals surface area (Å²) < 4.78 is 5.62. The maximum absolute atomic E-state index is 9.64. The minimum atomic E-state index is 0.257. The molecule has 1 aromatic rings. The maximum Gasteiger partial charge on any atom is 0.138 e. The molecule has 4 heteroatoms. The van der Waals surface area contributed by atoms with Crippen molar-refractivity contribution in [1.29, 1.82) is 0 Å². The van der Waals surface area contributed by atoms with Crippen LogP contribution in [-0.4, -0.2) is 29.3 Å². The summed E-state index contributed by atoms with van der Waals surface area (Å²) in [6.45, 7) is 4.22. The van der Waals surface area contributed by atoms with Gasteiger partial charge in [0.1, 0.15) is 5.75 Å². The Hall–Kier alpha value is -1.13. The van der Waals surface area contributed by atoms with Crippen LogP contribution in [0.5, 0.6) is 5.75 Å². The third kappa shape index (κ3) is 3.68. The molecule has 1 aliphatic heterocycles. The third-order valence-corrected chi connectivity index (χ3v) is 3.03. The quantitative estimate of drug-likeness (QED) is 0.836. The second-order valence-electron chi connectivity index (χ2n) is 4.54. The van der Waals surface area contributed by atoms with Crippen LogP contribution in [0.1, 0.15) is 30.7 Å². The van der Waals surface area contributed by atoms with Gasteiger partial charge in [0.05, 0.1) is 11.8 Å². The zero-order valence-electron chi connectivity index (χ0n) is 10.3. The zero-order valence-corrected chi connectivity index (χ0v) is 10.3. The van der Waals surface area contributed by atoms with Gasteiger partial charge in [-0.25, -0.2) is 0 Å². The Morgan fingerprint density at radius 2 is 2.35 bits per heavy atom. The fourth-order valence-corrected chi connectivity index (χ4v) is 2.05. The predicted molar refractivity (Wildman–Crippen MR) is 65.9 cm³/mol. The number of aromatic hydroxyl groups is 1. The summed E-state index contributed by atoms with van der Waals surface area (Å²) in [7, 11) is 0. The SMILES string of the molecule is Cc1ccc(O)c(CNCC2CCCCO2)n1. The normalized spacial score (nSPS) is 20.4. The number of aromatic nitrogens is 1. The molecule has 0 radical (unpaired) electrons. The van der Waals surface area contributed by atoms with Crippen LogP contribution in [0, 0.1) is 6.92 Å². The van der Waals surface area contributed by atoms with Crippen molar-refractivity contribution in [1.82, 2.24) is 10.3 Å². The lowest BCUT2D eigenvalue weighted by molar-refractivity contribution is 0.0167. The van der Waals surface area contributed by atoms with Crippen molar-refractivity contribution in [2.75, 3.05) is 13.2 Å². The first kappa shape index (κ1) is 12.3. The summed E-state index contributed by atoms with van der Waals surface area (Å²) in [6.07, 6.45) is 3.87. The average Bonchev–Trinajstić information content (AvgIpc) is 2.35. The molecule has 1 fully saturated rings. The van der Waals surface area contributed by atoms with Gasteiger partial charge in [-0.3, -0.25) is 4.98 Å². The largest absolute Gasteiger partial charge is 0.506 e. The molecule has 0 aromatic carbocycles. The van der Waals surface area contributed by atoms with Crippen LogP contribution < -0.4 is 5.32 Å². The van der Waals surface area contributed by atoms with E-state index in [1.54, 1.807) is 6.07 Å². The molecule has 2 rings (SSSR count). The molecule has 1 atom stereocenters. The number of hydrogen-bond acceptors (Lipinski definition) is 4. The van der Waals surface area contributed by atoms with Crippen molar-refractivity contribution in [3.63, 3.8) is 0 Å². The van der Waals surface area contributed by atoms with Crippen molar-refractivity contribution in [3.05, 3.63) is 23.5 Å². The zero-order chi connectivity index (χ0) is 12.1. The molecular weight excluding hydrogens is 216 g/mol. The first-order valence-electron chi connectivity index (χ1n) is 6.23. The topological polar surface area (TPSA) is 54.4 Å². The lowest BCUT2D eigenvalue weighted by Gasteiger charge is -2.22. The Balaban J connectivity index is 1.79. The van der Waals surface area contributed by atoms with Gasteiger partial charge in [0, 0.05) is 25.4 Å². The van der Waals surface area contributed by atoms with Crippen LogP contribution in [0.15, 0.2) is 12.1 Å². The molecule has 1 unspecified atom stereocenters. The van der Waals surface area contributed by atoms with E-state index in [-0.39, 0.29) is 5.75 Å². The molecule has 1 saturated heterocycles. The molecule has 1 aromatic heterocycles. The first-order chi connectivity index (χ1) is 8.25. The highest BCUT2D eigenvalue weighted by Crippen LogP contribution is 2.15. The van der Waals surface area contributed by atoms with E-state index in [0.29, 0.717) is 18.3 Å². The van der Waals surface area contributed by atoms with E-state index < -0.39 is 0 Å². The lowest BCUT2D eigenvalue weighted by atomic mass is 10.1. The third-order valence-electron chi connectivity index (χ3n) is 3.03. The van der Waals surface area contributed by atoms with Gasteiger partial charge in [-0.15, -0.1) is 0 Å². The number of aryl methyl sites for hydroxylation is 1. The fourth-order valence-electron chi connectivity index (χ4n) is 2.05. The van der Waals surface area contributed by atoms with E-state index in [1.165, 1.54) is 12.8 Å². The van der Waals surface area contributed by atoms with Gasteiger partial charge in [0.25, 0.3) is 0 Å². The molecule has 1 aliphatic rings. The van der Waals surface area contributed by atoms with Gasteiger partial charge in [-0.1, -0.05) is 0 Å². The van der Waals surface area contributed by atoms with E-state index in [1.807, 2.05) is 13.0 Å². The number of hydrogen-bond donors (Lipinski definition) is 2. The Morgan fingerprint density at radius 1 is 1.47 bits per heavy atom. The van der Waals surface area contributed by atoms with Crippen LogP contribution in [0.2, 0.25) is 0 Å². The molecule has 4 nitrogen and oxygen atoms in total. The molecular formula is C13H20N2O2. The van der Waals surface area contributed by atoms with Crippen molar-refractivity contribution >= 4 is 0 Å². The number of ether oxygens (including phenoxy) is 1. The first-order valence-corrected chi connectivity index (χ1v) is 6.23. The summed E-state index contributed by atoms with van der Waals surface area (Å²) in [4.78, 5) is 4.30. The predicted octanol–water partition coefficient (Wildman–Crippen LogP) is 1.75. The van der Waals surface area contributed by atoms with E-state index >= 15 is 0 Å². The highest BCUT2D eigenvalue weighted by molar-refractivity contribution is 5.27. The molecule has 2 N–H and O–H groups in total. The Bertz CT molecular complexity index is 362. The van der Waals surface area contributed by atoms with Crippen LogP contribution in [-0.2, 0) is 11.3 Å². The van der Waals surface area contributed by atoms with Crippen LogP contribution in [0.25, 0.3) is 0 Å². The van der Waals surface area contributed by atoms with E-state index in [2.05, 4.69) is 10.3 Å². The molecule has 0 aliphatic carbocycles. The van der Waals surface area contributed by atoms with Crippen LogP contribution in [0.3, 0.4) is 0 Å². The summed E-state index contributed by atoms with van der Waals surface area (Å²) in [5, 5.41) is 12.9. The number of pyridine rings is 1. The summed E-state index contributed by atoms with van der Waals surface area (Å²) in [6, 6.07) is 3.50. The standard InChI is InChI=1S/C13H20N2O2/c1-10-5-6-13(16)12(15-10)9-14-8-11-4-2-3-7-17-11/h5-6,11,14,16H,2-4,7-9H2,1H3. The van der Waals surface area contributed by atoms with E-state index in [0.717, 1.165) is 25.3 Å².